The third kappa shape index (κ3) is 4.50. The van der Waals surface area contributed by atoms with Crippen molar-refractivity contribution >= 4 is 28.1 Å². The van der Waals surface area contributed by atoms with Gasteiger partial charge in [-0.15, -0.1) is 10.2 Å². The molecular formula is C17H14ClF2N3OS. The highest BCUT2D eigenvalue weighted by atomic mass is 35.5. The predicted molar refractivity (Wildman–Crippen MR) is 94.0 cm³/mol. The Bertz CT molecular complexity index is 875. The van der Waals surface area contributed by atoms with E-state index in [2.05, 4.69) is 15.5 Å². The van der Waals surface area contributed by atoms with E-state index < -0.39 is 11.9 Å². The quantitative estimate of drug-likeness (QED) is 0.671. The van der Waals surface area contributed by atoms with Gasteiger partial charge in [-0.25, -0.2) is 8.78 Å². The molecule has 130 valence electrons. The van der Waals surface area contributed by atoms with Gasteiger partial charge in [0.15, 0.2) is 0 Å². The molecular weight excluding hydrogens is 368 g/mol. The van der Waals surface area contributed by atoms with Crippen LogP contribution in [0.1, 0.15) is 22.2 Å². The van der Waals surface area contributed by atoms with Crippen molar-refractivity contribution in [1.82, 2.24) is 10.2 Å². The van der Waals surface area contributed by atoms with Crippen molar-refractivity contribution in [3.05, 3.63) is 75.3 Å². The molecule has 3 rings (SSSR count). The molecule has 0 saturated carbocycles. The van der Waals surface area contributed by atoms with Crippen LogP contribution in [0.15, 0.2) is 42.5 Å². The van der Waals surface area contributed by atoms with Crippen LogP contribution >= 0.6 is 22.9 Å². The highest BCUT2D eigenvalue weighted by Gasteiger charge is 2.12. The van der Waals surface area contributed by atoms with E-state index in [-0.39, 0.29) is 17.4 Å². The zero-order valence-corrected chi connectivity index (χ0v) is 14.5. The van der Waals surface area contributed by atoms with Gasteiger partial charge in [-0.2, -0.15) is 0 Å². The molecule has 0 saturated heterocycles. The molecule has 0 aliphatic carbocycles. The fourth-order valence-electron chi connectivity index (χ4n) is 2.22. The molecule has 25 heavy (non-hydrogen) atoms. The minimum Gasteiger partial charge on any atom is -0.387 e. The normalized spacial score (nSPS) is 12.2. The topological polar surface area (TPSA) is 58.0 Å². The molecule has 1 unspecified atom stereocenters. The molecule has 3 aromatic rings. The van der Waals surface area contributed by atoms with Gasteiger partial charge in [0.1, 0.15) is 16.6 Å². The predicted octanol–water partition coefficient (Wildman–Crippen LogP) is 4.21. The van der Waals surface area contributed by atoms with Gasteiger partial charge in [0.25, 0.3) is 0 Å². The number of hydrogen-bond donors (Lipinski definition) is 2. The molecule has 0 aliphatic rings. The average molecular weight is 382 g/mol. The Morgan fingerprint density at radius 3 is 2.68 bits per heavy atom. The Balaban J connectivity index is 1.60. The summed E-state index contributed by atoms with van der Waals surface area (Å²) in [7, 11) is 0. The van der Waals surface area contributed by atoms with Gasteiger partial charge < -0.3 is 10.4 Å². The number of nitrogens with one attached hydrogen (secondary N) is 1. The highest BCUT2D eigenvalue weighted by molar-refractivity contribution is 7.15. The first kappa shape index (κ1) is 17.7. The number of benzene rings is 2. The summed E-state index contributed by atoms with van der Waals surface area (Å²) in [6.45, 7) is 0.134. The minimum atomic E-state index is -0.925. The summed E-state index contributed by atoms with van der Waals surface area (Å²) in [5, 5.41) is 22.2. The summed E-state index contributed by atoms with van der Waals surface area (Å²) >= 11 is 6.90. The van der Waals surface area contributed by atoms with Crippen molar-refractivity contribution in [2.45, 2.75) is 12.5 Å². The van der Waals surface area contributed by atoms with Crippen LogP contribution in [0.5, 0.6) is 0 Å². The van der Waals surface area contributed by atoms with Gasteiger partial charge in [0, 0.05) is 13.0 Å². The van der Waals surface area contributed by atoms with Gasteiger partial charge >= 0.3 is 0 Å². The van der Waals surface area contributed by atoms with E-state index in [1.165, 1.54) is 29.5 Å². The van der Waals surface area contributed by atoms with Crippen LogP contribution in [-0.4, -0.2) is 21.8 Å². The minimum absolute atomic E-state index is 0.00539. The number of aliphatic hydroxyl groups is 1. The molecule has 0 fully saturated rings. The lowest BCUT2D eigenvalue weighted by Gasteiger charge is -2.11. The number of aromatic nitrogens is 2. The molecule has 2 aromatic carbocycles. The Kier molecular flexibility index (Phi) is 5.57. The van der Waals surface area contributed by atoms with Crippen LogP contribution in [0, 0.1) is 11.6 Å². The zero-order chi connectivity index (χ0) is 17.8. The maximum absolute atomic E-state index is 13.7. The molecule has 1 heterocycles. The first-order valence-electron chi connectivity index (χ1n) is 7.45. The van der Waals surface area contributed by atoms with Crippen molar-refractivity contribution in [2.75, 3.05) is 11.9 Å². The summed E-state index contributed by atoms with van der Waals surface area (Å²) < 4.78 is 27.1. The first-order valence-corrected chi connectivity index (χ1v) is 8.65. The molecule has 0 spiro atoms. The van der Waals surface area contributed by atoms with Crippen LogP contribution in [0.2, 0.25) is 5.02 Å². The van der Waals surface area contributed by atoms with E-state index in [1.807, 2.05) is 0 Å². The number of halogens is 3. The van der Waals surface area contributed by atoms with E-state index in [4.69, 9.17) is 11.6 Å². The van der Waals surface area contributed by atoms with E-state index in [0.29, 0.717) is 27.7 Å². The molecule has 0 aliphatic heterocycles. The smallest absolute Gasteiger partial charge is 0.205 e. The third-order valence-corrected chi connectivity index (χ3v) is 4.73. The van der Waals surface area contributed by atoms with Crippen molar-refractivity contribution in [2.24, 2.45) is 0 Å². The second-order valence-electron chi connectivity index (χ2n) is 5.34. The molecule has 1 atom stereocenters. The molecule has 0 radical (unpaired) electrons. The van der Waals surface area contributed by atoms with Crippen molar-refractivity contribution < 1.29 is 13.9 Å². The van der Waals surface area contributed by atoms with Crippen molar-refractivity contribution in [3.8, 4) is 0 Å². The number of anilines is 1. The Hall–Kier alpha value is -2.09. The fraction of sp³-hybridized carbons (Fsp3) is 0.176. The van der Waals surface area contributed by atoms with Gasteiger partial charge in [-0.1, -0.05) is 47.2 Å². The van der Waals surface area contributed by atoms with Crippen LogP contribution in [0.3, 0.4) is 0 Å². The Morgan fingerprint density at radius 2 is 1.92 bits per heavy atom. The molecule has 0 bridgehead atoms. The summed E-state index contributed by atoms with van der Waals surface area (Å²) in [6, 6.07) is 10.6. The maximum Gasteiger partial charge on any atom is 0.205 e. The van der Waals surface area contributed by atoms with Gasteiger partial charge in [-0.3, -0.25) is 0 Å². The summed E-state index contributed by atoms with van der Waals surface area (Å²) in [4.78, 5) is 0. The lowest BCUT2D eigenvalue weighted by molar-refractivity contribution is 0.191. The number of nitrogens with zero attached hydrogens (tertiary/aromatic N) is 2. The Labute approximate surface area is 152 Å². The fourth-order valence-corrected chi connectivity index (χ4v) is 3.11. The second-order valence-corrected chi connectivity index (χ2v) is 6.81. The van der Waals surface area contributed by atoms with E-state index in [9.17, 15) is 13.9 Å². The largest absolute Gasteiger partial charge is 0.387 e. The van der Waals surface area contributed by atoms with Crippen LogP contribution in [0.25, 0.3) is 0 Å². The number of rotatable bonds is 6. The van der Waals surface area contributed by atoms with Crippen LogP contribution < -0.4 is 5.32 Å². The van der Waals surface area contributed by atoms with Gasteiger partial charge in [0.2, 0.25) is 5.13 Å². The van der Waals surface area contributed by atoms with Crippen LogP contribution in [-0.2, 0) is 6.42 Å². The molecule has 1 aromatic heterocycles. The standard InChI is InChI=1S/C17H14ClF2N3OS/c18-12-6-5-11(7-14(12)20)15(24)9-21-17-23-22-16(25-17)8-10-3-1-2-4-13(10)19/h1-7,15,24H,8-9H2,(H,21,23). The SMILES string of the molecule is OC(CNc1nnc(Cc2ccccc2F)s1)c1ccc(Cl)c(F)c1. The first-order chi connectivity index (χ1) is 12.0. The maximum atomic E-state index is 13.7. The number of aliphatic hydroxyl groups excluding tert-OH is 1. The van der Waals surface area contributed by atoms with Crippen molar-refractivity contribution in [3.63, 3.8) is 0 Å². The second kappa shape index (κ2) is 7.86. The summed E-state index contributed by atoms with van der Waals surface area (Å²) in [5.41, 5.74) is 0.951. The third-order valence-electron chi connectivity index (χ3n) is 3.54. The zero-order valence-electron chi connectivity index (χ0n) is 12.9. The molecule has 0 amide bonds. The molecule has 4 nitrogen and oxygen atoms in total. The van der Waals surface area contributed by atoms with E-state index in [0.717, 1.165) is 0 Å². The molecule has 2 N–H and O–H groups in total. The molecule has 8 heteroatoms. The average Bonchev–Trinajstić information content (AvgIpc) is 3.05. The Morgan fingerprint density at radius 1 is 1.12 bits per heavy atom. The summed E-state index contributed by atoms with van der Waals surface area (Å²) in [6.07, 6.45) is -0.581. The highest BCUT2D eigenvalue weighted by Crippen LogP contribution is 2.23. The van der Waals surface area contributed by atoms with E-state index >= 15 is 0 Å². The monoisotopic (exact) mass is 381 g/mol. The number of hydrogen-bond acceptors (Lipinski definition) is 5. The van der Waals surface area contributed by atoms with E-state index in [1.54, 1.807) is 24.3 Å². The van der Waals surface area contributed by atoms with Gasteiger partial charge in [-0.05, 0) is 29.3 Å². The lowest BCUT2D eigenvalue weighted by Crippen LogP contribution is -2.12. The van der Waals surface area contributed by atoms with Crippen LogP contribution in [0.4, 0.5) is 13.9 Å². The summed E-state index contributed by atoms with van der Waals surface area (Å²) in [5.74, 6) is -0.867. The van der Waals surface area contributed by atoms with Crippen molar-refractivity contribution in [1.29, 1.82) is 0 Å². The lowest BCUT2D eigenvalue weighted by atomic mass is 10.1. The van der Waals surface area contributed by atoms with Gasteiger partial charge in [0.05, 0.1) is 11.1 Å².